The maximum Gasteiger partial charge on any atom is 0.338 e. The Morgan fingerprint density at radius 2 is 1.94 bits per heavy atom. The molecule has 1 aliphatic heterocycles. The molecule has 182 valence electrons. The summed E-state index contributed by atoms with van der Waals surface area (Å²) in [5.74, 6) is 0.561. The summed E-state index contributed by atoms with van der Waals surface area (Å²) in [6, 6.07) is 13.0. The molecular formula is C27H27BrN2O4S. The highest BCUT2D eigenvalue weighted by atomic mass is 79.9. The molecule has 0 fully saturated rings. The van der Waals surface area contributed by atoms with Gasteiger partial charge in [-0.2, -0.15) is 0 Å². The average Bonchev–Trinajstić information content (AvgIpc) is 3.13. The highest BCUT2D eigenvalue weighted by molar-refractivity contribution is 9.10. The van der Waals surface area contributed by atoms with Crippen LogP contribution in [-0.2, 0) is 9.53 Å². The van der Waals surface area contributed by atoms with E-state index in [0.29, 0.717) is 32.3 Å². The molecule has 0 saturated heterocycles. The molecule has 3 aromatic rings. The lowest BCUT2D eigenvalue weighted by molar-refractivity contribution is -0.139. The molecular weight excluding hydrogens is 528 g/mol. The zero-order valence-corrected chi connectivity index (χ0v) is 22.7. The number of thiazole rings is 1. The van der Waals surface area contributed by atoms with Crippen LogP contribution in [-0.4, -0.2) is 24.3 Å². The fourth-order valence-corrected chi connectivity index (χ4v) is 5.55. The Bertz CT molecular complexity index is 1480. The number of hydrogen-bond donors (Lipinski definition) is 0. The normalized spacial score (nSPS) is 15.7. The predicted molar refractivity (Wildman–Crippen MR) is 142 cm³/mol. The van der Waals surface area contributed by atoms with E-state index in [1.54, 1.807) is 31.6 Å². The quantitative estimate of drug-likeness (QED) is 0.414. The standard InChI is InChI=1S/C27H27BrN2O4S/c1-6-34-26(32)23-16(4)29-27-30(24(23)18-9-7-17(8-10-18)15(2)3)25(31)22(35-27)14-19-13-20(28)11-12-21(19)33-5/h7-15,24H,6H2,1-5H3/b22-14-/t24-/m1/s1. The van der Waals surface area contributed by atoms with Crippen LogP contribution in [0.15, 0.2) is 68.0 Å². The van der Waals surface area contributed by atoms with E-state index in [9.17, 15) is 9.59 Å². The van der Waals surface area contributed by atoms with Crippen molar-refractivity contribution in [2.24, 2.45) is 4.99 Å². The van der Waals surface area contributed by atoms with Gasteiger partial charge in [-0.1, -0.05) is 65.4 Å². The van der Waals surface area contributed by atoms with Crippen LogP contribution in [0, 0.1) is 0 Å². The summed E-state index contributed by atoms with van der Waals surface area (Å²) in [6.07, 6.45) is 1.80. The summed E-state index contributed by atoms with van der Waals surface area (Å²) in [6.45, 7) is 8.05. The van der Waals surface area contributed by atoms with Gasteiger partial charge in [0, 0.05) is 10.0 Å². The monoisotopic (exact) mass is 554 g/mol. The third-order valence-electron chi connectivity index (χ3n) is 5.91. The van der Waals surface area contributed by atoms with Gasteiger partial charge in [-0.25, -0.2) is 9.79 Å². The second-order valence-corrected chi connectivity index (χ2v) is 10.4. The molecule has 0 aliphatic carbocycles. The van der Waals surface area contributed by atoms with Crippen molar-refractivity contribution in [2.75, 3.05) is 13.7 Å². The Morgan fingerprint density at radius 1 is 1.23 bits per heavy atom. The number of rotatable bonds is 6. The SMILES string of the molecule is CCOC(=O)C1=C(C)N=c2s/c(=C\c3cc(Br)ccc3OC)c(=O)n2[C@@H]1c1ccc(C(C)C)cc1. The minimum absolute atomic E-state index is 0.219. The van der Waals surface area contributed by atoms with Crippen LogP contribution >= 0.6 is 27.3 Å². The maximum atomic E-state index is 13.7. The van der Waals surface area contributed by atoms with Gasteiger partial charge in [-0.05, 0) is 55.2 Å². The molecule has 4 rings (SSSR count). The first-order valence-electron chi connectivity index (χ1n) is 11.4. The van der Waals surface area contributed by atoms with Crippen molar-refractivity contribution < 1.29 is 14.3 Å². The molecule has 0 amide bonds. The van der Waals surface area contributed by atoms with Crippen molar-refractivity contribution in [3.05, 3.63) is 94.6 Å². The van der Waals surface area contributed by atoms with Gasteiger partial charge in [0.25, 0.3) is 5.56 Å². The predicted octanol–water partition coefficient (Wildman–Crippen LogP) is 4.69. The smallest absolute Gasteiger partial charge is 0.338 e. The first-order chi connectivity index (χ1) is 16.7. The fraction of sp³-hybridized carbons (Fsp3) is 0.296. The van der Waals surface area contributed by atoms with Crippen LogP contribution < -0.4 is 19.6 Å². The number of hydrogen-bond acceptors (Lipinski definition) is 6. The first-order valence-corrected chi connectivity index (χ1v) is 13.0. The minimum atomic E-state index is -0.627. The van der Waals surface area contributed by atoms with Crippen molar-refractivity contribution >= 4 is 39.3 Å². The van der Waals surface area contributed by atoms with Gasteiger partial charge in [-0.15, -0.1) is 0 Å². The van der Waals surface area contributed by atoms with Crippen LogP contribution in [0.2, 0.25) is 0 Å². The molecule has 2 aromatic carbocycles. The zero-order valence-electron chi connectivity index (χ0n) is 20.3. The molecule has 1 atom stereocenters. The number of allylic oxidation sites excluding steroid dienone is 1. The van der Waals surface area contributed by atoms with E-state index < -0.39 is 12.0 Å². The maximum absolute atomic E-state index is 13.7. The topological polar surface area (TPSA) is 69.9 Å². The number of esters is 1. The second kappa shape index (κ2) is 10.3. The Hall–Kier alpha value is -2.97. The number of aromatic nitrogens is 1. The third-order valence-corrected chi connectivity index (χ3v) is 7.39. The summed E-state index contributed by atoms with van der Waals surface area (Å²) in [4.78, 5) is 32.0. The summed E-state index contributed by atoms with van der Waals surface area (Å²) >= 11 is 4.77. The fourth-order valence-electron chi connectivity index (χ4n) is 4.13. The lowest BCUT2D eigenvalue weighted by Crippen LogP contribution is -2.39. The van der Waals surface area contributed by atoms with E-state index >= 15 is 0 Å². The lowest BCUT2D eigenvalue weighted by Gasteiger charge is -2.25. The number of fused-ring (bicyclic) bond motifs is 1. The van der Waals surface area contributed by atoms with E-state index in [0.717, 1.165) is 15.6 Å². The van der Waals surface area contributed by atoms with E-state index in [1.165, 1.54) is 16.9 Å². The van der Waals surface area contributed by atoms with Gasteiger partial charge >= 0.3 is 5.97 Å². The molecule has 1 aromatic heterocycles. The number of carbonyl (C=O) groups excluding carboxylic acids is 1. The third kappa shape index (κ3) is 4.90. The second-order valence-electron chi connectivity index (χ2n) is 8.51. The van der Waals surface area contributed by atoms with Gasteiger partial charge in [-0.3, -0.25) is 9.36 Å². The Morgan fingerprint density at radius 3 is 2.57 bits per heavy atom. The molecule has 0 radical (unpaired) electrons. The molecule has 0 bridgehead atoms. The van der Waals surface area contributed by atoms with Gasteiger partial charge in [0.05, 0.1) is 35.6 Å². The number of nitrogens with zero attached hydrogens (tertiary/aromatic N) is 2. The number of benzene rings is 2. The number of ether oxygens (including phenoxy) is 2. The summed E-state index contributed by atoms with van der Waals surface area (Å²) in [5.41, 5.74) is 3.49. The molecule has 8 heteroatoms. The van der Waals surface area contributed by atoms with E-state index in [2.05, 4.69) is 34.8 Å². The van der Waals surface area contributed by atoms with Crippen LogP contribution in [0.5, 0.6) is 5.75 Å². The van der Waals surface area contributed by atoms with E-state index in [4.69, 9.17) is 9.47 Å². The van der Waals surface area contributed by atoms with Gasteiger partial charge in [0.1, 0.15) is 5.75 Å². The molecule has 0 saturated carbocycles. The summed E-state index contributed by atoms with van der Waals surface area (Å²) in [7, 11) is 1.60. The largest absolute Gasteiger partial charge is 0.496 e. The van der Waals surface area contributed by atoms with Crippen LogP contribution in [0.25, 0.3) is 6.08 Å². The molecule has 2 heterocycles. The van der Waals surface area contributed by atoms with Gasteiger partial charge in [0.2, 0.25) is 0 Å². The van der Waals surface area contributed by atoms with E-state index in [-0.39, 0.29) is 12.2 Å². The number of methoxy groups -OCH3 is 1. The Labute approximate surface area is 216 Å². The van der Waals surface area contributed by atoms with Crippen molar-refractivity contribution in [3.8, 4) is 5.75 Å². The van der Waals surface area contributed by atoms with Crippen LogP contribution in [0.1, 0.15) is 56.3 Å². The summed E-state index contributed by atoms with van der Waals surface area (Å²) < 4.78 is 13.8. The van der Waals surface area contributed by atoms with E-state index in [1.807, 2.05) is 42.5 Å². The van der Waals surface area contributed by atoms with Crippen molar-refractivity contribution in [1.29, 1.82) is 0 Å². The van der Waals surface area contributed by atoms with Crippen molar-refractivity contribution in [2.45, 2.75) is 39.7 Å². The zero-order chi connectivity index (χ0) is 25.3. The number of carbonyl (C=O) groups is 1. The minimum Gasteiger partial charge on any atom is -0.496 e. The Kier molecular flexibility index (Phi) is 7.42. The van der Waals surface area contributed by atoms with Gasteiger partial charge < -0.3 is 9.47 Å². The first kappa shape index (κ1) is 25.1. The lowest BCUT2D eigenvalue weighted by atomic mass is 9.93. The number of halogens is 1. The molecule has 1 aliphatic rings. The molecule has 0 N–H and O–H groups in total. The van der Waals surface area contributed by atoms with Crippen molar-refractivity contribution in [3.63, 3.8) is 0 Å². The average molecular weight is 555 g/mol. The van der Waals surface area contributed by atoms with Crippen LogP contribution in [0.3, 0.4) is 0 Å². The Balaban J connectivity index is 1.95. The molecule has 0 unspecified atom stereocenters. The molecule has 6 nitrogen and oxygen atoms in total. The van der Waals surface area contributed by atoms with Crippen molar-refractivity contribution in [1.82, 2.24) is 4.57 Å². The highest BCUT2D eigenvalue weighted by Crippen LogP contribution is 2.31. The molecule has 0 spiro atoms. The van der Waals surface area contributed by atoms with Crippen LogP contribution in [0.4, 0.5) is 0 Å². The summed E-state index contributed by atoms with van der Waals surface area (Å²) in [5, 5.41) is 0. The van der Waals surface area contributed by atoms with Gasteiger partial charge in [0.15, 0.2) is 4.80 Å². The molecule has 35 heavy (non-hydrogen) atoms. The highest BCUT2D eigenvalue weighted by Gasteiger charge is 2.33.